The lowest BCUT2D eigenvalue weighted by molar-refractivity contribution is -0.143. The third-order valence-electron chi connectivity index (χ3n) is 4.07. The molecule has 3 rings (SSSR count). The monoisotopic (exact) mass is 361 g/mol. The van der Waals surface area contributed by atoms with Gasteiger partial charge in [-0.05, 0) is 30.7 Å². The molecule has 0 aliphatic carbocycles. The Balaban J connectivity index is 2.11. The van der Waals surface area contributed by atoms with Crippen molar-refractivity contribution in [3.8, 4) is 5.75 Å². The average Bonchev–Trinajstić information content (AvgIpc) is 2.83. The van der Waals surface area contributed by atoms with Crippen molar-refractivity contribution in [2.24, 2.45) is 0 Å². The van der Waals surface area contributed by atoms with E-state index in [1.54, 1.807) is 55.5 Å². The first-order valence-electron chi connectivity index (χ1n) is 7.92. The van der Waals surface area contributed by atoms with Gasteiger partial charge in [-0.1, -0.05) is 24.3 Å². The summed E-state index contributed by atoms with van der Waals surface area (Å²) in [4.78, 5) is 12.3. The number of rotatable bonds is 5. The number of hydrogen-bond acceptors (Lipinski definition) is 5. The van der Waals surface area contributed by atoms with Crippen LogP contribution in [0, 0.1) is 0 Å². The van der Waals surface area contributed by atoms with Gasteiger partial charge in [0.15, 0.2) is 0 Å². The van der Waals surface area contributed by atoms with Crippen LogP contribution in [0.4, 0.5) is 5.69 Å². The van der Waals surface area contributed by atoms with Crippen LogP contribution in [0.5, 0.6) is 5.75 Å². The number of methoxy groups -OCH3 is 1. The van der Waals surface area contributed by atoms with E-state index in [0.717, 1.165) is 0 Å². The number of ether oxygens (including phenoxy) is 2. The lowest BCUT2D eigenvalue weighted by atomic mass is 10.0. The predicted molar refractivity (Wildman–Crippen MR) is 93.1 cm³/mol. The van der Waals surface area contributed by atoms with Crippen LogP contribution in [0.15, 0.2) is 53.4 Å². The number of anilines is 1. The van der Waals surface area contributed by atoms with Gasteiger partial charge in [-0.3, -0.25) is 9.10 Å². The molecule has 7 heteroatoms. The standard InChI is InChI=1S/C18H19NO5S/c1-3-24-18(20)12-16-15-9-4-5-10-17(15)25(21,22)19(16)13-7-6-8-14(11-13)23-2/h4-11,16H,3,12H2,1-2H3. The maximum Gasteiger partial charge on any atom is 0.308 e. The summed E-state index contributed by atoms with van der Waals surface area (Å²) in [5.74, 6) is 0.103. The smallest absolute Gasteiger partial charge is 0.308 e. The zero-order valence-electron chi connectivity index (χ0n) is 14.0. The zero-order chi connectivity index (χ0) is 18.0. The molecule has 1 unspecified atom stereocenters. The Labute approximate surface area is 147 Å². The number of benzene rings is 2. The number of sulfonamides is 1. The second-order valence-corrected chi connectivity index (χ2v) is 7.35. The summed E-state index contributed by atoms with van der Waals surface area (Å²) in [6, 6.07) is 12.9. The molecule has 1 aliphatic heterocycles. The summed E-state index contributed by atoms with van der Waals surface area (Å²) in [5, 5.41) is 0. The SMILES string of the molecule is CCOC(=O)CC1c2ccccc2S(=O)(=O)N1c1cccc(OC)c1. The lowest BCUT2D eigenvalue weighted by Crippen LogP contribution is -2.30. The molecule has 0 N–H and O–H groups in total. The van der Waals surface area contributed by atoms with Crippen molar-refractivity contribution in [2.45, 2.75) is 24.3 Å². The molecule has 0 radical (unpaired) electrons. The fourth-order valence-electron chi connectivity index (χ4n) is 3.03. The molecule has 0 bridgehead atoms. The Bertz CT molecular complexity index is 894. The van der Waals surface area contributed by atoms with Crippen molar-refractivity contribution < 1.29 is 22.7 Å². The second kappa shape index (κ2) is 6.76. The van der Waals surface area contributed by atoms with Crippen molar-refractivity contribution in [3.05, 3.63) is 54.1 Å². The van der Waals surface area contributed by atoms with Crippen LogP contribution in [0.2, 0.25) is 0 Å². The molecule has 0 amide bonds. The Hall–Kier alpha value is -2.54. The molecule has 2 aromatic carbocycles. The highest BCUT2D eigenvalue weighted by Crippen LogP contribution is 2.44. The van der Waals surface area contributed by atoms with Gasteiger partial charge in [0.25, 0.3) is 10.0 Å². The normalized spacial score (nSPS) is 17.8. The van der Waals surface area contributed by atoms with Crippen LogP contribution >= 0.6 is 0 Å². The third-order valence-corrected chi connectivity index (χ3v) is 5.98. The maximum atomic E-state index is 13.1. The van der Waals surface area contributed by atoms with Crippen molar-refractivity contribution in [3.63, 3.8) is 0 Å². The van der Waals surface area contributed by atoms with Crippen LogP contribution < -0.4 is 9.04 Å². The number of nitrogens with zero attached hydrogens (tertiary/aromatic N) is 1. The Kier molecular flexibility index (Phi) is 4.67. The minimum atomic E-state index is -3.76. The molecular formula is C18H19NO5S. The van der Waals surface area contributed by atoms with Crippen LogP contribution in [0.3, 0.4) is 0 Å². The van der Waals surface area contributed by atoms with Crippen molar-refractivity contribution in [1.29, 1.82) is 0 Å². The Morgan fingerprint density at radius 3 is 2.64 bits per heavy atom. The van der Waals surface area contributed by atoms with E-state index in [1.165, 1.54) is 11.4 Å². The minimum absolute atomic E-state index is 0.0543. The van der Waals surface area contributed by atoms with E-state index in [2.05, 4.69) is 0 Å². The number of esters is 1. The van der Waals surface area contributed by atoms with Crippen LogP contribution in [0.25, 0.3) is 0 Å². The van der Waals surface area contributed by atoms with Gasteiger partial charge in [0, 0.05) is 6.07 Å². The van der Waals surface area contributed by atoms with Gasteiger partial charge in [0.2, 0.25) is 0 Å². The fraction of sp³-hybridized carbons (Fsp3) is 0.278. The first-order valence-corrected chi connectivity index (χ1v) is 9.36. The van der Waals surface area contributed by atoms with Gasteiger partial charge < -0.3 is 9.47 Å². The quantitative estimate of drug-likeness (QED) is 0.766. The Morgan fingerprint density at radius 2 is 1.92 bits per heavy atom. The van der Waals surface area contributed by atoms with E-state index in [9.17, 15) is 13.2 Å². The average molecular weight is 361 g/mol. The van der Waals surface area contributed by atoms with Gasteiger partial charge in [0.05, 0.1) is 36.8 Å². The summed E-state index contributed by atoms with van der Waals surface area (Å²) >= 11 is 0. The zero-order valence-corrected chi connectivity index (χ0v) is 14.8. The summed E-state index contributed by atoms with van der Waals surface area (Å²) in [7, 11) is -2.25. The van der Waals surface area contributed by atoms with Gasteiger partial charge in [0.1, 0.15) is 5.75 Å². The van der Waals surface area contributed by atoms with Crippen molar-refractivity contribution in [1.82, 2.24) is 0 Å². The largest absolute Gasteiger partial charge is 0.497 e. The highest BCUT2D eigenvalue weighted by Gasteiger charge is 2.43. The number of carbonyl (C=O) groups is 1. The molecule has 0 spiro atoms. The van der Waals surface area contributed by atoms with Gasteiger partial charge in [-0.2, -0.15) is 0 Å². The van der Waals surface area contributed by atoms with Crippen LogP contribution in [0.1, 0.15) is 24.9 Å². The first kappa shape index (κ1) is 17.3. The molecule has 25 heavy (non-hydrogen) atoms. The van der Waals surface area contributed by atoms with Gasteiger partial charge >= 0.3 is 5.97 Å². The molecular weight excluding hydrogens is 342 g/mol. The minimum Gasteiger partial charge on any atom is -0.497 e. The van der Waals surface area contributed by atoms with Crippen molar-refractivity contribution in [2.75, 3.05) is 18.0 Å². The molecule has 1 atom stereocenters. The molecule has 0 saturated carbocycles. The topological polar surface area (TPSA) is 72.9 Å². The molecule has 6 nitrogen and oxygen atoms in total. The van der Waals surface area contributed by atoms with E-state index in [0.29, 0.717) is 17.0 Å². The number of hydrogen-bond donors (Lipinski definition) is 0. The van der Waals surface area contributed by atoms with Gasteiger partial charge in [-0.15, -0.1) is 0 Å². The van der Waals surface area contributed by atoms with Crippen LogP contribution in [-0.4, -0.2) is 28.1 Å². The molecule has 0 saturated heterocycles. The van der Waals surface area contributed by atoms with E-state index < -0.39 is 22.0 Å². The molecule has 0 fully saturated rings. The highest BCUT2D eigenvalue weighted by atomic mass is 32.2. The molecule has 1 aliphatic rings. The second-order valence-electron chi connectivity index (χ2n) is 5.57. The van der Waals surface area contributed by atoms with E-state index in [4.69, 9.17) is 9.47 Å². The van der Waals surface area contributed by atoms with E-state index in [1.807, 2.05) is 0 Å². The fourth-order valence-corrected chi connectivity index (χ4v) is 4.91. The third kappa shape index (κ3) is 3.07. The summed E-state index contributed by atoms with van der Waals surface area (Å²) in [6.45, 7) is 1.97. The first-order chi connectivity index (χ1) is 12.0. The molecule has 2 aromatic rings. The van der Waals surface area contributed by atoms with E-state index >= 15 is 0 Å². The maximum absolute atomic E-state index is 13.1. The summed E-state index contributed by atoms with van der Waals surface area (Å²) in [5.41, 5.74) is 1.04. The Morgan fingerprint density at radius 1 is 1.16 bits per heavy atom. The lowest BCUT2D eigenvalue weighted by Gasteiger charge is -2.25. The van der Waals surface area contributed by atoms with Crippen molar-refractivity contribution >= 4 is 21.7 Å². The molecule has 1 heterocycles. The number of carbonyl (C=O) groups excluding carboxylic acids is 1. The highest BCUT2D eigenvalue weighted by molar-refractivity contribution is 7.93. The molecule has 132 valence electrons. The van der Waals surface area contributed by atoms with Gasteiger partial charge in [-0.25, -0.2) is 8.42 Å². The summed E-state index contributed by atoms with van der Waals surface area (Å²) in [6.07, 6.45) is -0.0543. The summed E-state index contributed by atoms with van der Waals surface area (Å²) < 4.78 is 37.6. The predicted octanol–water partition coefficient (Wildman–Crippen LogP) is 2.90. The number of fused-ring (bicyclic) bond motifs is 1. The molecule has 0 aromatic heterocycles. The van der Waals surface area contributed by atoms with E-state index in [-0.39, 0.29) is 17.9 Å². The van der Waals surface area contributed by atoms with Crippen LogP contribution in [-0.2, 0) is 19.6 Å².